The molecule has 1 fully saturated rings. The van der Waals surface area contributed by atoms with Crippen LogP contribution in [0.1, 0.15) is 17.5 Å². The van der Waals surface area contributed by atoms with Crippen LogP contribution in [-0.4, -0.2) is 63.9 Å². The smallest absolute Gasteiger partial charge is 0.119 e. The van der Waals surface area contributed by atoms with Crippen LogP contribution in [0, 0.1) is 12.8 Å². The molecule has 4 nitrogen and oxygen atoms in total. The number of benzene rings is 1. The van der Waals surface area contributed by atoms with Crippen molar-refractivity contribution >= 4 is 0 Å². The maximum absolute atomic E-state index is 5.28. The van der Waals surface area contributed by atoms with Crippen molar-refractivity contribution in [2.75, 3.05) is 54.1 Å². The second kappa shape index (κ2) is 8.51. The number of hydrogen-bond donors (Lipinski definition) is 0. The minimum Gasteiger partial charge on any atom is -0.497 e. The van der Waals surface area contributed by atoms with E-state index in [1.807, 2.05) is 0 Å². The summed E-state index contributed by atoms with van der Waals surface area (Å²) in [5.41, 5.74) is 2.69. The molecular weight excluding hydrogens is 276 g/mol. The van der Waals surface area contributed by atoms with Gasteiger partial charge in [0.1, 0.15) is 5.75 Å². The third-order valence-electron chi connectivity index (χ3n) is 4.54. The molecule has 0 saturated carbocycles. The Kier molecular flexibility index (Phi) is 6.68. The van der Waals surface area contributed by atoms with Crippen LogP contribution in [0.5, 0.6) is 5.75 Å². The van der Waals surface area contributed by atoms with E-state index in [2.05, 4.69) is 42.0 Å². The summed E-state index contributed by atoms with van der Waals surface area (Å²) in [7, 11) is 5.72. The molecule has 0 bridgehead atoms. The lowest BCUT2D eigenvalue weighted by Gasteiger charge is -2.22. The number of ether oxygens (including phenoxy) is 2. The molecule has 4 heteroatoms. The standard InChI is InChI=1S/C18H30N2O2/c1-15-11-18(22-4)6-5-17(15)14-19(2)12-16-7-8-20(13-16)9-10-21-3/h5-6,11,16H,7-10,12-14H2,1-4H3/t16-/m0/s1. The Balaban J connectivity index is 1.79. The highest BCUT2D eigenvalue weighted by Gasteiger charge is 2.23. The largest absolute Gasteiger partial charge is 0.497 e. The summed E-state index contributed by atoms with van der Waals surface area (Å²) in [5, 5.41) is 0. The summed E-state index contributed by atoms with van der Waals surface area (Å²) in [6, 6.07) is 6.35. The molecule has 0 amide bonds. The monoisotopic (exact) mass is 306 g/mol. The molecule has 0 spiro atoms. The van der Waals surface area contributed by atoms with Gasteiger partial charge in [-0.25, -0.2) is 0 Å². The molecule has 0 radical (unpaired) electrons. The summed E-state index contributed by atoms with van der Waals surface area (Å²) in [4.78, 5) is 4.96. The Morgan fingerprint density at radius 2 is 2.14 bits per heavy atom. The minimum absolute atomic E-state index is 0.778. The van der Waals surface area contributed by atoms with E-state index in [-0.39, 0.29) is 0 Å². The first-order chi connectivity index (χ1) is 10.6. The minimum atomic E-state index is 0.778. The van der Waals surface area contributed by atoms with Crippen molar-refractivity contribution in [3.05, 3.63) is 29.3 Å². The van der Waals surface area contributed by atoms with Gasteiger partial charge in [0.25, 0.3) is 0 Å². The second-order valence-corrected chi connectivity index (χ2v) is 6.44. The molecule has 1 atom stereocenters. The first-order valence-electron chi connectivity index (χ1n) is 8.15. The molecule has 0 aromatic heterocycles. The molecule has 0 unspecified atom stereocenters. The normalized spacial score (nSPS) is 19.0. The van der Waals surface area contributed by atoms with Crippen LogP contribution in [0.4, 0.5) is 0 Å². The Morgan fingerprint density at radius 3 is 2.82 bits per heavy atom. The van der Waals surface area contributed by atoms with Crippen molar-refractivity contribution in [2.24, 2.45) is 5.92 Å². The zero-order valence-corrected chi connectivity index (χ0v) is 14.5. The summed E-state index contributed by atoms with van der Waals surface area (Å²) in [6.45, 7) is 8.65. The van der Waals surface area contributed by atoms with E-state index >= 15 is 0 Å². The Labute approximate surface area is 135 Å². The van der Waals surface area contributed by atoms with Gasteiger partial charge in [0.2, 0.25) is 0 Å². The molecule has 1 aromatic rings. The number of rotatable bonds is 8. The molecular formula is C18H30N2O2. The highest BCUT2D eigenvalue weighted by molar-refractivity contribution is 5.34. The molecule has 2 rings (SSSR count). The predicted molar refractivity (Wildman–Crippen MR) is 90.5 cm³/mol. The highest BCUT2D eigenvalue weighted by Crippen LogP contribution is 2.20. The molecule has 124 valence electrons. The fourth-order valence-electron chi connectivity index (χ4n) is 3.25. The zero-order chi connectivity index (χ0) is 15.9. The number of nitrogens with zero attached hydrogens (tertiary/aromatic N) is 2. The topological polar surface area (TPSA) is 24.9 Å². The third-order valence-corrected chi connectivity index (χ3v) is 4.54. The summed E-state index contributed by atoms with van der Waals surface area (Å²) in [6.07, 6.45) is 1.30. The van der Waals surface area contributed by atoms with E-state index in [9.17, 15) is 0 Å². The van der Waals surface area contributed by atoms with Crippen LogP contribution >= 0.6 is 0 Å². The SMILES string of the molecule is COCCN1CC[C@@H](CN(C)Cc2ccc(OC)cc2C)C1. The predicted octanol–water partition coefficient (Wildman–Crippen LogP) is 2.40. The summed E-state index contributed by atoms with van der Waals surface area (Å²) in [5.74, 6) is 1.72. The van der Waals surface area contributed by atoms with E-state index in [1.165, 1.54) is 30.6 Å². The first-order valence-corrected chi connectivity index (χ1v) is 8.15. The molecule has 1 heterocycles. The lowest BCUT2D eigenvalue weighted by Crippen LogP contribution is -2.29. The van der Waals surface area contributed by atoms with Crippen LogP contribution in [0.3, 0.4) is 0 Å². The van der Waals surface area contributed by atoms with Gasteiger partial charge in [0.15, 0.2) is 0 Å². The first kappa shape index (κ1) is 17.3. The molecule has 1 aliphatic rings. The van der Waals surface area contributed by atoms with Crippen LogP contribution in [-0.2, 0) is 11.3 Å². The van der Waals surface area contributed by atoms with Gasteiger partial charge in [-0.3, -0.25) is 0 Å². The Bertz CT molecular complexity index is 464. The van der Waals surface area contributed by atoms with Gasteiger partial charge in [0, 0.05) is 33.3 Å². The van der Waals surface area contributed by atoms with Gasteiger partial charge in [-0.15, -0.1) is 0 Å². The second-order valence-electron chi connectivity index (χ2n) is 6.44. The fourth-order valence-corrected chi connectivity index (χ4v) is 3.25. The number of likely N-dealkylation sites (tertiary alicyclic amines) is 1. The van der Waals surface area contributed by atoms with E-state index in [4.69, 9.17) is 9.47 Å². The maximum atomic E-state index is 5.28. The lowest BCUT2D eigenvalue weighted by atomic mass is 10.1. The Hall–Kier alpha value is -1.10. The maximum Gasteiger partial charge on any atom is 0.119 e. The quantitative estimate of drug-likeness (QED) is 0.736. The molecule has 22 heavy (non-hydrogen) atoms. The average Bonchev–Trinajstić information content (AvgIpc) is 2.94. The van der Waals surface area contributed by atoms with Crippen LogP contribution < -0.4 is 4.74 Å². The zero-order valence-electron chi connectivity index (χ0n) is 14.5. The van der Waals surface area contributed by atoms with Gasteiger partial charge in [-0.1, -0.05) is 6.07 Å². The summed E-state index contributed by atoms with van der Waals surface area (Å²) >= 11 is 0. The van der Waals surface area contributed by atoms with E-state index in [1.54, 1.807) is 14.2 Å². The lowest BCUT2D eigenvalue weighted by molar-refractivity contribution is 0.157. The Morgan fingerprint density at radius 1 is 1.32 bits per heavy atom. The highest BCUT2D eigenvalue weighted by atomic mass is 16.5. The average molecular weight is 306 g/mol. The number of methoxy groups -OCH3 is 2. The van der Waals surface area contributed by atoms with E-state index in [0.717, 1.165) is 37.9 Å². The molecule has 1 saturated heterocycles. The van der Waals surface area contributed by atoms with Crippen LogP contribution in [0.15, 0.2) is 18.2 Å². The summed E-state index contributed by atoms with van der Waals surface area (Å²) < 4.78 is 10.4. The van der Waals surface area contributed by atoms with Crippen molar-refractivity contribution in [3.8, 4) is 5.75 Å². The fraction of sp³-hybridized carbons (Fsp3) is 0.667. The van der Waals surface area contributed by atoms with Crippen molar-refractivity contribution in [1.82, 2.24) is 9.80 Å². The number of hydrogen-bond acceptors (Lipinski definition) is 4. The van der Waals surface area contributed by atoms with Crippen molar-refractivity contribution < 1.29 is 9.47 Å². The number of aryl methyl sites for hydroxylation is 1. The van der Waals surface area contributed by atoms with Gasteiger partial charge in [-0.05, 0) is 56.1 Å². The molecule has 0 aliphatic carbocycles. The van der Waals surface area contributed by atoms with Crippen molar-refractivity contribution in [3.63, 3.8) is 0 Å². The molecule has 1 aliphatic heterocycles. The van der Waals surface area contributed by atoms with Gasteiger partial charge in [-0.2, -0.15) is 0 Å². The molecule has 1 aromatic carbocycles. The third kappa shape index (κ3) is 4.97. The van der Waals surface area contributed by atoms with Crippen LogP contribution in [0.25, 0.3) is 0 Å². The van der Waals surface area contributed by atoms with E-state index < -0.39 is 0 Å². The van der Waals surface area contributed by atoms with Gasteiger partial charge >= 0.3 is 0 Å². The van der Waals surface area contributed by atoms with Gasteiger partial charge in [0.05, 0.1) is 13.7 Å². The molecule has 0 N–H and O–H groups in total. The van der Waals surface area contributed by atoms with Gasteiger partial charge < -0.3 is 19.3 Å². The van der Waals surface area contributed by atoms with E-state index in [0.29, 0.717) is 0 Å². The van der Waals surface area contributed by atoms with Crippen molar-refractivity contribution in [1.29, 1.82) is 0 Å². The van der Waals surface area contributed by atoms with Crippen LogP contribution in [0.2, 0.25) is 0 Å². The van der Waals surface area contributed by atoms with Crippen molar-refractivity contribution in [2.45, 2.75) is 19.9 Å².